The molecule has 0 aliphatic heterocycles. The first-order valence-electron chi connectivity index (χ1n) is 20.1. The predicted molar refractivity (Wildman–Crippen MR) is 241 cm³/mol. The molecule has 0 saturated heterocycles. The zero-order valence-electron chi connectivity index (χ0n) is 33.3. The third-order valence-electron chi connectivity index (χ3n) is 11.4. The number of halogens is 3. The van der Waals surface area contributed by atoms with Crippen LogP contribution < -0.4 is 0 Å². The fourth-order valence-electron chi connectivity index (χ4n) is 8.41. The molecule has 0 unspecified atom stereocenters. The Balaban J connectivity index is 1.30. The minimum Gasteiger partial charge on any atom is -0.309 e. The molecule has 4 nitrogen and oxygen atoms in total. The van der Waals surface area contributed by atoms with Gasteiger partial charge in [-0.2, -0.15) is 13.2 Å². The van der Waals surface area contributed by atoms with Crippen LogP contribution in [0.25, 0.3) is 95.0 Å². The molecule has 10 rings (SSSR count). The second-order valence-corrected chi connectivity index (χ2v) is 15.2. The molecule has 2 heterocycles. The third kappa shape index (κ3) is 6.94. The molecular weight excluding hydrogens is 762 g/mol. The van der Waals surface area contributed by atoms with E-state index in [-0.39, 0.29) is 11.4 Å². The molecule has 10 aromatic rings. The average Bonchev–Trinajstić information content (AvgIpc) is 3.62. The van der Waals surface area contributed by atoms with Crippen LogP contribution in [0.2, 0.25) is 0 Å². The Morgan fingerprint density at radius 2 is 0.836 bits per heavy atom. The molecule has 61 heavy (non-hydrogen) atoms. The Bertz CT molecular complexity index is 3100. The van der Waals surface area contributed by atoms with Crippen molar-refractivity contribution in [3.8, 4) is 73.2 Å². The number of nitrogens with zero attached hydrogens (tertiary/aromatic N) is 4. The summed E-state index contributed by atoms with van der Waals surface area (Å²) in [5.74, 6) is 1.07. The highest BCUT2D eigenvalue weighted by atomic mass is 19.4. The lowest BCUT2D eigenvalue weighted by atomic mass is 9.94. The maximum Gasteiger partial charge on any atom is 0.417 e. The Labute approximate surface area is 351 Å². The van der Waals surface area contributed by atoms with Crippen molar-refractivity contribution < 1.29 is 13.2 Å². The summed E-state index contributed by atoms with van der Waals surface area (Å²) >= 11 is 0. The van der Waals surface area contributed by atoms with Gasteiger partial charge in [-0.1, -0.05) is 158 Å². The zero-order chi connectivity index (χ0) is 41.7. The SMILES string of the molecule is Cc1ccccc1-c1ccc2c3ccc(-c4ccccc4C)cc3n(-c3ccc(-c4ccccc4C(F)(F)F)c(-c4nc(-c5ccccc5)nc(-c5ccccc5)n4)c3)c2c1. The van der Waals surface area contributed by atoms with Gasteiger partial charge in [0.2, 0.25) is 0 Å². The lowest BCUT2D eigenvalue weighted by Gasteiger charge is -2.18. The van der Waals surface area contributed by atoms with Crippen LogP contribution in [0, 0.1) is 13.8 Å². The molecule has 0 atom stereocenters. The first kappa shape index (κ1) is 37.6. The van der Waals surface area contributed by atoms with Gasteiger partial charge in [-0.15, -0.1) is 0 Å². The topological polar surface area (TPSA) is 43.6 Å². The molecule has 0 radical (unpaired) electrons. The Morgan fingerprint density at radius 3 is 1.34 bits per heavy atom. The van der Waals surface area contributed by atoms with Gasteiger partial charge in [-0.3, -0.25) is 0 Å². The van der Waals surface area contributed by atoms with Crippen molar-refractivity contribution in [1.29, 1.82) is 0 Å². The van der Waals surface area contributed by atoms with Gasteiger partial charge in [0, 0.05) is 33.2 Å². The first-order chi connectivity index (χ1) is 29.7. The van der Waals surface area contributed by atoms with E-state index in [9.17, 15) is 13.2 Å². The Kier molecular flexibility index (Phi) is 9.37. The van der Waals surface area contributed by atoms with E-state index in [1.165, 1.54) is 12.1 Å². The first-order valence-corrected chi connectivity index (χ1v) is 20.1. The minimum atomic E-state index is -4.61. The number of benzene rings is 8. The molecule has 0 aliphatic rings. The Morgan fingerprint density at radius 1 is 0.377 bits per heavy atom. The highest BCUT2D eigenvalue weighted by molar-refractivity contribution is 6.11. The second kappa shape index (κ2) is 15.2. The van der Waals surface area contributed by atoms with Crippen molar-refractivity contribution >= 4 is 21.8 Å². The minimum absolute atomic E-state index is 0.0328. The van der Waals surface area contributed by atoms with E-state index in [1.54, 1.807) is 12.1 Å². The number of rotatable bonds is 7. The van der Waals surface area contributed by atoms with Crippen LogP contribution in [0.15, 0.2) is 188 Å². The lowest BCUT2D eigenvalue weighted by molar-refractivity contribution is -0.137. The molecule has 0 amide bonds. The molecule has 0 spiro atoms. The number of hydrogen-bond acceptors (Lipinski definition) is 3. The van der Waals surface area contributed by atoms with E-state index in [1.807, 2.05) is 97.1 Å². The monoisotopic (exact) mass is 798 g/mol. The van der Waals surface area contributed by atoms with Crippen LogP contribution in [0.3, 0.4) is 0 Å². The maximum absolute atomic E-state index is 14.9. The van der Waals surface area contributed by atoms with E-state index in [0.717, 1.165) is 78.1 Å². The van der Waals surface area contributed by atoms with E-state index in [4.69, 9.17) is 15.0 Å². The van der Waals surface area contributed by atoms with Gasteiger partial charge in [0.05, 0.1) is 16.6 Å². The number of hydrogen-bond donors (Lipinski definition) is 0. The summed E-state index contributed by atoms with van der Waals surface area (Å²) in [6.45, 7) is 4.21. The van der Waals surface area contributed by atoms with Gasteiger partial charge in [0.25, 0.3) is 0 Å². The summed E-state index contributed by atoms with van der Waals surface area (Å²) in [6.07, 6.45) is -4.61. The van der Waals surface area contributed by atoms with Crippen LogP contribution in [-0.4, -0.2) is 19.5 Å². The van der Waals surface area contributed by atoms with Gasteiger partial charge >= 0.3 is 6.18 Å². The van der Waals surface area contributed by atoms with E-state index in [2.05, 4.69) is 79.1 Å². The largest absolute Gasteiger partial charge is 0.417 e. The number of aromatic nitrogens is 4. The maximum atomic E-state index is 14.9. The van der Waals surface area contributed by atoms with E-state index in [0.29, 0.717) is 22.8 Å². The van der Waals surface area contributed by atoms with Gasteiger partial charge in [-0.05, 0) is 88.7 Å². The summed E-state index contributed by atoms with van der Waals surface area (Å²) < 4.78 is 46.8. The lowest BCUT2D eigenvalue weighted by Crippen LogP contribution is -2.08. The molecule has 2 aromatic heterocycles. The second-order valence-electron chi connectivity index (χ2n) is 15.2. The highest BCUT2D eigenvalue weighted by Crippen LogP contribution is 2.43. The molecule has 7 heteroatoms. The number of fused-ring (bicyclic) bond motifs is 3. The zero-order valence-corrected chi connectivity index (χ0v) is 33.3. The molecule has 0 fully saturated rings. The van der Waals surface area contributed by atoms with Crippen LogP contribution >= 0.6 is 0 Å². The van der Waals surface area contributed by atoms with Crippen molar-refractivity contribution in [2.24, 2.45) is 0 Å². The number of aryl methyl sites for hydroxylation is 2. The molecule has 0 saturated carbocycles. The van der Waals surface area contributed by atoms with Gasteiger partial charge < -0.3 is 4.57 Å². The summed E-state index contributed by atoms with van der Waals surface area (Å²) in [7, 11) is 0. The summed E-state index contributed by atoms with van der Waals surface area (Å²) in [6, 6.07) is 60.1. The Hall–Kier alpha value is -7.64. The quantitative estimate of drug-likeness (QED) is 0.161. The standard InChI is InChI=1S/C54H37F3N4/c1-34-15-9-11-21-41(34)38-25-28-45-46-29-26-39(42-22-12-10-16-35(42)2)32-50(46)61(49(45)31-38)40-27-30-43(44-23-13-14-24-48(44)54(55,56)57)47(33-40)53-59-51(36-17-5-3-6-18-36)58-52(60-53)37-19-7-4-8-20-37/h3-33H,1-2H3. The van der Waals surface area contributed by atoms with E-state index >= 15 is 0 Å². The predicted octanol–water partition coefficient (Wildman–Crippen LogP) is 14.6. The van der Waals surface area contributed by atoms with Crippen LogP contribution in [0.4, 0.5) is 13.2 Å². The van der Waals surface area contributed by atoms with Crippen LogP contribution in [0.1, 0.15) is 16.7 Å². The molecule has 0 N–H and O–H groups in total. The molecular formula is C54H37F3N4. The third-order valence-corrected chi connectivity index (χ3v) is 11.4. The van der Waals surface area contributed by atoms with Crippen molar-refractivity contribution in [1.82, 2.24) is 19.5 Å². The van der Waals surface area contributed by atoms with Gasteiger partial charge in [-0.25, -0.2) is 15.0 Å². The molecule has 294 valence electrons. The highest BCUT2D eigenvalue weighted by Gasteiger charge is 2.34. The number of alkyl halides is 3. The fraction of sp³-hybridized carbons (Fsp3) is 0.0556. The summed E-state index contributed by atoms with van der Waals surface area (Å²) in [5, 5.41) is 2.10. The van der Waals surface area contributed by atoms with E-state index < -0.39 is 11.7 Å². The van der Waals surface area contributed by atoms with Crippen molar-refractivity contribution in [3.63, 3.8) is 0 Å². The summed E-state index contributed by atoms with van der Waals surface area (Å²) in [4.78, 5) is 15.0. The fourth-order valence-corrected chi connectivity index (χ4v) is 8.41. The molecule has 0 bridgehead atoms. The van der Waals surface area contributed by atoms with Gasteiger partial charge in [0.1, 0.15) is 0 Å². The van der Waals surface area contributed by atoms with Crippen LogP contribution in [0.5, 0.6) is 0 Å². The van der Waals surface area contributed by atoms with Crippen molar-refractivity contribution in [3.05, 3.63) is 205 Å². The van der Waals surface area contributed by atoms with Crippen molar-refractivity contribution in [2.45, 2.75) is 20.0 Å². The normalized spacial score (nSPS) is 11.7. The molecule has 8 aromatic carbocycles. The van der Waals surface area contributed by atoms with Gasteiger partial charge in [0.15, 0.2) is 17.5 Å². The molecule has 0 aliphatic carbocycles. The smallest absolute Gasteiger partial charge is 0.309 e. The summed E-state index contributed by atoms with van der Waals surface area (Å²) in [5.41, 5.74) is 10.9. The average molecular weight is 799 g/mol. The van der Waals surface area contributed by atoms with Crippen LogP contribution in [-0.2, 0) is 6.18 Å². The van der Waals surface area contributed by atoms with Crippen molar-refractivity contribution in [2.75, 3.05) is 0 Å².